The van der Waals surface area contributed by atoms with Gasteiger partial charge in [0.2, 0.25) is 0 Å². The molecule has 1 aromatic carbocycles. The van der Waals surface area contributed by atoms with Crippen molar-refractivity contribution in [1.82, 2.24) is 4.90 Å². The van der Waals surface area contributed by atoms with Crippen molar-refractivity contribution in [3.05, 3.63) is 33.9 Å². The van der Waals surface area contributed by atoms with Gasteiger partial charge in [0, 0.05) is 30.8 Å². The number of hydrogen-bond donors (Lipinski definition) is 1. The number of nitrogens with one attached hydrogen (secondary N) is 1. The molecule has 0 unspecified atom stereocenters. The number of rotatable bonds is 7. The van der Waals surface area contributed by atoms with Crippen LogP contribution in [0.2, 0.25) is 0 Å². The van der Waals surface area contributed by atoms with Gasteiger partial charge < -0.3 is 10.2 Å². The summed E-state index contributed by atoms with van der Waals surface area (Å²) in [4.78, 5) is 25.0. The summed E-state index contributed by atoms with van der Waals surface area (Å²) in [6.45, 7) is 5.22. The molecule has 2 rings (SSSR count). The Balaban J connectivity index is 2.26. The molecule has 6 heteroatoms. The second-order valence-electron chi connectivity index (χ2n) is 5.24. The van der Waals surface area contributed by atoms with Crippen molar-refractivity contribution in [2.24, 2.45) is 0 Å². The van der Waals surface area contributed by atoms with Gasteiger partial charge in [0.05, 0.1) is 4.92 Å². The van der Waals surface area contributed by atoms with Gasteiger partial charge in [-0.05, 0) is 38.3 Å². The van der Waals surface area contributed by atoms with Gasteiger partial charge in [0.25, 0.3) is 11.6 Å². The third kappa shape index (κ3) is 3.51. The summed E-state index contributed by atoms with van der Waals surface area (Å²) in [6.07, 6.45) is 2.93. The van der Waals surface area contributed by atoms with E-state index in [1.807, 2.05) is 13.8 Å². The van der Waals surface area contributed by atoms with E-state index >= 15 is 0 Å². The van der Waals surface area contributed by atoms with E-state index in [0.717, 1.165) is 19.3 Å². The topological polar surface area (TPSA) is 75.5 Å². The molecule has 1 N–H and O–H groups in total. The number of benzene rings is 1. The number of anilines is 1. The molecule has 0 radical (unpaired) electrons. The van der Waals surface area contributed by atoms with Crippen molar-refractivity contribution >= 4 is 17.3 Å². The van der Waals surface area contributed by atoms with Crippen molar-refractivity contribution in [2.75, 3.05) is 18.4 Å². The van der Waals surface area contributed by atoms with Crippen LogP contribution < -0.4 is 5.32 Å². The maximum Gasteiger partial charge on any atom is 0.293 e. The van der Waals surface area contributed by atoms with E-state index in [1.54, 1.807) is 17.0 Å². The molecule has 114 valence electrons. The summed E-state index contributed by atoms with van der Waals surface area (Å²) in [7, 11) is 0. The molecule has 6 nitrogen and oxygen atoms in total. The largest absolute Gasteiger partial charge is 0.380 e. The zero-order valence-electron chi connectivity index (χ0n) is 12.5. The predicted octanol–water partition coefficient (Wildman–Crippen LogP) is 3.04. The molecule has 21 heavy (non-hydrogen) atoms. The van der Waals surface area contributed by atoms with Crippen molar-refractivity contribution in [3.8, 4) is 0 Å². The lowest BCUT2D eigenvalue weighted by Crippen LogP contribution is -2.32. The van der Waals surface area contributed by atoms with Crippen molar-refractivity contribution < 1.29 is 9.72 Å². The molecule has 1 aromatic rings. The summed E-state index contributed by atoms with van der Waals surface area (Å²) in [5, 5.41) is 14.2. The minimum absolute atomic E-state index is 0.0406. The summed E-state index contributed by atoms with van der Waals surface area (Å²) >= 11 is 0. The van der Waals surface area contributed by atoms with Crippen LogP contribution in [0, 0.1) is 10.1 Å². The minimum Gasteiger partial charge on any atom is -0.380 e. The minimum atomic E-state index is -0.442. The molecule has 0 heterocycles. The second kappa shape index (κ2) is 6.56. The Kier molecular flexibility index (Phi) is 4.77. The van der Waals surface area contributed by atoms with Crippen molar-refractivity contribution in [2.45, 2.75) is 39.2 Å². The Morgan fingerprint density at radius 1 is 1.43 bits per heavy atom. The smallest absolute Gasteiger partial charge is 0.293 e. The van der Waals surface area contributed by atoms with Gasteiger partial charge in [-0.15, -0.1) is 0 Å². The number of nitrogens with zero attached hydrogens (tertiary/aromatic N) is 2. The van der Waals surface area contributed by atoms with Crippen LogP contribution in [-0.4, -0.2) is 34.9 Å². The maximum atomic E-state index is 12.4. The van der Waals surface area contributed by atoms with E-state index in [-0.39, 0.29) is 11.6 Å². The molecular weight excluding hydrogens is 270 g/mol. The Labute approximate surface area is 124 Å². The maximum absolute atomic E-state index is 12.4. The van der Waals surface area contributed by atoms with Gasteiger partial charge >= 0.3 is 0 Å². The van der Waals surface area contributed by atoms with Gasteiger partial charge in [-0.25, -0.2) is 0 Å². The number of carbonyl (C=O) groups excluding carboxylic acids is 1. The van der Waals surface area contributed by atoms with Gasteiger partial charge in [-0.1, -0.05) is 6.92 Å². The Hall–Kier alpha value is -2.11. The van der Waals surface area contributed by atoms with E-state index in [2.05, 4.69) is 5.32 Å². The fourth-order valence-corrected chi connectivity index (χ4v) is 2.34. The molecular formula is C15H21N3O3. The van der Waals surface area contributed by atoms with E-state index < -0.39 is 4.92 Å². The number of hydrogen-bond acceptors (Lipinski definition) is 4. The lowest BCUT2D eigenvalue weighted by atomic mass is 10.1. The van der Waals surface area contributed by atoms with Crippen LogP contribution in [0.5, 0.6) is 0 Å². The SMILES string of the molecule is CCCNc1ccc(C(=O)N(CC)C2CC2)cc1[N+](=O)[O-]. The normalized spacial score (nSPS) is 13.8. The molecule has 0 aromatic heterocycles. The average Bonchev–Trinajstić information content (AvgIpc) is 3.30. The Bertz CT molecular complexity index is 541. The molecule has 1 aliphatic rings. The molecule has 0 spiro atoms. The molecule has 1 amide bonds. The first kappa shape index (κ1) is 15.3. The van der Waals surface area contributed by atoms with Crippen LogP contribution in [0.15, 0.2) is 18.2 Å². The third-order valence-corrected chi connectivity index (χ3v) is 3.60. The van der Waals surface area contributed by atoms with Crippen LogP contribution in [0.4, 0.5) is 11.4 Å². The number of amides is 1. The van der Waals surface area contributed by atoms with Crippen molar-refractivity contribution in [1.29, 1.82) is 0 Å². The second-order valence-corrected chi connectivity index (χ2v) is 5.24. The van der Waals surface area contributed by atoms with Crippen LogP contribution >= 0.6 is 0 Å². The van der Waals surface area contributed by atoms with Crippen LogP contribution in [0.3, 0.4) is 0 Å². The fourth-order valence-electron chi connectivity index (χ4n) is 2.34. The van der Waals surface area contributed by atoms with E-state index in [1.165, 1.54) is 6.07 Å². The number of nitro benzene ring substituents is 1. The standard InChI is InChI=1S/C15H21N3O3/c1-3-9-16-13-8-5-11(10-14(13)18(20)21)15(19)17(4-2)12-6-7-12/h5,8,10,12,16H,3-4,6-7,9H2,1-2H3. The van der Waals surface area contributed by atoms with E-state index in [0.29, 0.717) is 30.4 Å². The highest BCUT2D eigenvalue weighted by Gasteiger charge is 2.32. The monoisotopic (exact) mass is 291 g/mol. The Morgan fingerprint density at radius 2 is 2.14 bits per heavy atom. The molecule has 0 aliphatic heterocycles. The van der Waals surface area contributed by atoms with Gasteiger partial charge in [-0.3, -0.25) is 14.9 Å². The van der Waals surface area contributed by atoms with Crippen molar-refractivity contribution in [3.63, 3.8) is 0 Å². The highest BCUT2D eigenvalue weighted by Crippen LogP contribution is 2.30. The highest BCUT2D eigenvalue weighted by molar-refractivity contribution is 5.96. The van der Waals surface area contributed by atoms with Gasteiger partial charge in [-0.2, -0.15) is 0 Å². The average molecular weight is 291 g/mol. The van der Waals surface area contributed by atoms with Crippen LogP contribution in [0.25, 0.3) is 0 Å². The molecule has 1 fully saturated rings. The number of nitro groups is 1. The first-order valence-corrected chi connectivity index (χ1v) is 7.41. The fraction of sp³-hybridized carbons (Fsp3) is 0.533. The predicted molar refractivity (Wildman–Crippen MR) is 81.6 cm³/mol. The van der Waals surface area contributed by atoms with E-state index in [9.17, 15) is 14.9 Å². The van der Waals surface area contributed by atoms with Crippen LogP contribution in [0.1, 0.15) is 43.5 Å². The first-order chi connectivity index (χ1) is 10.1. The zero-order valence-corrected chi connectivity index (χ0v) is 12.5. The Morgan fingerprint density at radius 3 is 2.67 bits per heavy atom. The van der Waals surface area contributed by atoms with E-state index in [4.69, 9.17) is 0 Å². The summed E-state index contributed by atoms with van der Waals surface area (Å²) in [6, 6.07) is 4.98. The van der Waals surface area contributed by atoms with Gasteiger partial charge in [0.1, 0.15) is 5.69 Å². The molecule has 1 saturated carbocycles. The highest BCUT2D eigenvalue weighted by atomic mass is 16.6. The third-order valence-electron chi connectivity index (χ3n) is 3.60. The molecule has 0 saturated heterocycles. The first-order valence-electron chi connectivity index (χ1n) is 7.41. The zero-order chi connectivity index (χ0) is 15.4. The quantitative estimate of drug-likeness (QED) is 0.619. The summed E-state index contributed by atoms with van der Waals surface area (Å²) in [5.41, 5.74) is 0.812. The summed E-state index contributed by atoms with van der Waals surface area (Å²) in [5.74, 6) is -0.120. The molecule has 0 bridgehead atoms. The van der Waals surface area contributed by atoms with Gasteiger partial charge in [0.15, 0.2) is 0 Å². The lowest BCUT2D eigenvalue weighted by Gasteiger charge is -2.20. The molecule has 1 aliphatic carbocycles. The number of carbonyl (C=O) groups is 1. The lowest BCUT2D eigenvalue weighted by molar-refractivity contribution is -0.384. The summed E-state index contributed by atoms with van der Waals surface area (Å²) < 4.78 is 0. The molecule has 0 atom stereocenters. The van der Waals surface area contributed by atoms with Crippen LogP contribution in [-0.2, 0) is 0 Å².